The van der Waals surface area contributed by atoms with E-state index in [1.54, 1.807) is 0 Å². The summed E-state index contributed by atoms with van der Waals surface area (Å²) in [5.74, 6) is -2.75. The first-order chi connectivity index (χ1) is 11.5. The maximum absolute atomic E-state index is 10.8. The Morgan fingerprint density at radius 2 is 1.29 bits per heavy atom. The fourth-order valence-corrected chi connectivity index (χ4v) is 3.48. The maximum Gasteiger partial charge on any atom is 0.309 e. The van der Waals surface area contributed by atoms with Gasteiger partial charge in [-0.2, -0.15) is 0 Å². The summed E-state index contributed by atoms with van der Waals surface area (Å²) in [6.45, 7) is 3.01. The highest BCUT2D eigenvalue weighted by atomic mass is 16.5. The van der Waals surface area contributed by atoms with E-state index in [0.29, 0.717) is 0 Å². The molecule has 5 nitrogen and oxygen atoms in total. The van der Waals surface area contributed by atoms with Crippen molar-refractivity contribution in [2.45, 2.75) is 90.1 Å². The van der Waals surface area contributed by atoms with Crippen LogP contribution in [-0.2, 0) is 14.3 Å². The zero-order valence-electron chi connectivity index (χ0n) is 15.6. The van der Waals surface area contributed by atoms with E-state index in [4.69, 9.17) is 5.11 Å². The van der Waals surface area contributed by atoms with E-state index in [9.17, 15) is 9.59 Å². The molecule has 0 heterocycles. The molecule has 0 aromatic carbocycles. The standard InChI is InChI=1S/C12H23N.C7H12O4/c1-3-7-11(8-4-1)13-12-9-5-2-6-10-12;1-4(6(8)9)5(2)7(10)11-3/h11-13H,1-10H2;4-5H,1-3H3,(H,8,9). The highest BCUT2D eigenvalue weighted by molar-refractivity contribution is 5.80. The van der Waals surface area contributed by atoms with Crippen molar-refractivity contribution in [1.82, 2.24) is 5.32 Å². The number of aliphatic carboxylic acids is 1. The third kappa shape index (κ3) is 7.65. The number of hydrogen-bond acceptors (Lipinski definition) is 4. The van der Waals surface area contributed by atoms with Gasteiger partial charge in [0.1, 0.15) is 0 Å². The van der Waals surface area contributed by atoms with Crippen molar-refractivity contribution in [2.75, 3.05) is 7.11 Å². The van der Waals surface area contributed by atoms with Crippen molar-refractivity contribution in [3.63, 3.8) is 0 Å². The summed E-state index contributed by atoms with van der Waals surface area (Å²) < 4.78 is 4.38. The molecule has 2 unspecified atom stereocenters. The van der Waals surface area contributed by atoms with Crippen LogP contribution in [0.4, 0.5) is 0 Å². The molecule has 0 aliphatic heterocycles. The Morgan fingerprint density at radius 3 is 1.62 bits per heavy atom. The number of nitrogens with one attached hydrogen (secondary N) is 1. The number of carbonyl (C=O) groups is 2. The highest BCUT2D eigenvalue weighted by Crippen LogP contribution is 2.22. The molecule has 24 heavy (non-hydrogen) atoms. The molecule has 0 bridgehead atoms. The Kier molecular flexibility index (Phi) is 9.99. The van der Waals surface area contributed by atoms with Crippen LogP contribution < -0.4 is 5.32 Å². The van der Waals surface area contributed by atoms with Gasteiger partial charge < -0.3 is 15.2 Å². The van der Waals surface area contributed by atoms with Crippen LogP contribution >= 0.6 is 0 Å². The SMILES string of the molecule is C1CCC(NC2CCCCC2)CC1.COC(=O)C(C)C(C)C(=O)O. The number of hydrogen-bond donors (Lipinski definition) is 2. The molecule has 0 spiro atoms. The average Bonchev–Trinajstić information content (AvgIpc) is 2.62. The molecule has 2 fully saturated rings. The Balaban J connectivity index is 0.000000245. The van der Waals surface area contributed by atoms with Crippen LogP contribution in [0.3, 0.4) is 0 Å². The fourth-order valence-electron chi connectivity index (χ4n) is 3.48. The van der Waals surface area contributed by atoms with Gasteiger partial charge >= 0.3 is 11.9 Å². The molecule has 2 aliphatic carbocycles. The Bertz CT molecular complexity index is 358. The molecule has 2 saturated carbocycles. The largest absolute Gasteiger partial charge is 0.481 e. The predicted molar refractivity (Wildman–Crippen MR) is 94.9 cm³/mol. The number of esters is 1. The molecular formula is C19H35NO4. The second-order valence-electron chi connectivity index (χ2n) is 7.28. The number of carboxylic acid groups (broad SMARTS) is 1. The molecule has 2 rings (SSSR count). The van der Waals surface area contributed by atoms with Crippen molar-refractivity contribution in [2.24, 2.45) is 11.8 Å². The van der Waals surface area contributed by atoms with E-state index < -0.39 is 23.8 Å². The first-order valence-electron chi connectivity index (χ1n) is 9.52. The van der Waals surface area contributed by atoms with Crippen molar-refractivity contribution >= 4 is 11.9 Å². The van der Waals surface area contributed by atoms with Gasteiger partial charge in [-0.1, -0.05) is 52.4 Å². The van der Waals surface area contributed by atoms with E-state index in [1.807, 2.05) is 0 Å². The Morgan fingerprint density at radius 1 is 0.875 bits per heavy atom. The van der Waals surface area contributed by atoms with Gasteiger partial charge in [-0.05, 0) is 25.7 Å². The van der Waals surface area contributed by atoms with Crippen LogP contribution in [0.2, 0.25) is 0 Å². The molecule has 0 radical (unpaired) electrons. The third-order valence-corrected chi connectivity index (χ3v) is 5.39. The van der Waals surface area contributed by atoms with Crippen LogP contribution in [-0.4, -0.2) is 36.2 Å². The molecule has 2 aliphatic rings. The van der Waals surface area contributed by atoms with Crippen LogP contribution in [0, 0.1) is 11.8 Å². The lowest BCUT2D eigenvalue weighted by Gasteiger charge is -2.30. The summed E-state index contributed by atoms with van der Waals surface area (Å²) in [6.07, 6.45) is 14.6. The van der Waals surface area contributed by atoms with Gasteiger partial charge in [0.05, 0.1) is 18.9 Å². The van der Waals surface area contributed by atoms with Gasteiger partial charge in [-0.25, -0.2) is 0 Å². The Labute approximate surface area is 146 Å². The lowest BCUT2D eigenvalue weighted by atomic mass is 9.91. The zero-order valence-corrected chi connectivity index (χ0v) is 15.6. The van der Waals surface area contributed by atoms with Crippen molar-refractivity contribution < 1.29 is 19.4 Å². The number of ether oxygens (including phenoxy) is 1. The van der Waals surface area contributed by atoms with E-state index in [-0.39, 0.29) is 0 Å². The summed E-state index contributed by atoms with van der Waals surface area (Å²) in [5, 5.41) is 12.3. The van der Waals surface area contributed by atoms with Crippen molar-refractivity contribution in [3.8, 4) is 0 Å². The van der Waals surface area contributed by atoms with Crippen molar-refractivity contribution in [3.05, 3.63) is 0 Å². The molecule has 0 amide bonds. The number of methoxy groups -OCH3 is 1. The highest BCUT2D eigenvalue weighted by Gasteiger charge is 2.26. The van der Waals surface area contributed by atoms with Crippen LogP contribution in [0.25, 0.3) is 0 Å². The van der Waals surface area contributed by atoms with E-state index >= 15 is 0 Å². The normalized spacial score (nSPS) is 22.0. The van der Waals surface area contributed by atoms with Crippen LogP contribution in [0.5, 0.6) is 0 Å². The first kappa shape index (κ1) is 20.9. The van der Waals surface area contributed by atoms with Gasteiger partial charge in [0.15, 0.2) is 0 Å². The summed E-state index contributed by atoms with van der Waals surface area (Å²) in [6, 6.07) is 1.74. The number of carbonyl (C=O) groups excluding carboxylic acids is 1. The monoisotopic (exact) mass is 341 g/mol. The molecule has 0 aromatic rings. The minimum Gasteiger partial charge on any atom is -0.481 e. The van der Waals surface area contributed by atoms with Gasteiger partial charge in [-0.15, -0.1) is 0 Å². The second-order valence-corrected chi connectivity index (χ2v) is 7.28. The van der Waals surface area contributed by atoms with Gasteiger partial charge in [-0.3, -0.25) is 9.59 Å². The molecule has 0 saturated heterocycles. The number of rotatable bonds is 5. The van der Waals surface area contributed by atoms with E-state index in [2.05, 4.69) is 10.1 Å². The molecule has 140 valence electrons. The zero-order chi connectivity index (χ0) is 17.9. The minimum absolute atomic E-state index is 0.486. The topological polar surface area (TPSA) is 75.6 Å². The van der Waals surface area contributed by atoms with E-state index in [0.717, 1.165) is 12.1 Å². The quantitative estimate of drug-likeness (QED) is 0.745. The molecule has 5 heteroatoms. The number of carboxylic acids is 1. The maximum atomic E-state index is 10.8. The van der Waals surface area contributed by atoms with Gasteiger partial charge in [0, 0.05) is 12.1 Å². The fraction of sp³-hybridized carbons (Fsp3) is 0.895. The van der Waals surface area contributed by atoms with Crippen LogP contribution in [0.1, 0.15) is 78.1 Å². The van der Waals surface area contributed by atoms with Gasteiger partial charge in [0.2, 0.25) is 0 Å². The molecule has 2 atom stereocenters. The molecular weight excluding hydrogens is 306 g/mol. The average molecular weight is 341 g/mol. The Hall–Kier alpha value is -1.10. The smallest absolute Gasteiger partial charge is 0.309 e. The van der Waals surface area contributed by atoms with Crippen LogP contribution in [0.15, 0.2) is 0 Å². The summed E-state index contributed by atoms with van der Waals surface area (Å²) in [4.78, 5) is 21.1. The lowest BCUT2D eigenvalue weighted by Crippen LogP contribution is -2.40. The van der Waals surface area contributed by atoms with Crippen molar-refractivity contribution in [1.29, 1.82) is 0 Å². The third-order valence-electron chi connectivity index (χ3n) is 5.39. The van der Waals surface area contributed by atoms with E-state index in [1.165, 1.54) is 85.2 Å². The lowest BCUT2D eigenvalue weighted by molar-refractivity contribution is -0.154. The summed E-state index contributed by atoms with van der Waals surface area (Å²) >= 11 is 0. The molecule has 0 aromatic heterocycles. The minimum atomic E-state index is -0.983. The summed E-state index contributed by atoms with van der Waals surface area (Å²) in [5.41, 5.74) is 0. The summed E-state index contributed by atoms with van der Waals surface area (Å²) in [7, 11) is 1.24. The second kappa shape index (κ2) is 11.5. The van der Waals surface area contributed by atoms with Gasteiger partial charge in [0.25, 0.3) is 0 Å². The first-order valence-corrected chi connectivity index (χ1v) is 9.52. The molecule has 2 N–H and O–H groups in total. The predicted octanol–water partition coefficient (Wildman–Crippen LogP) is 3.76.